The van der Waals surface area contributed by atoms with Crippen molar-refractivity contribution in [2.75, 3.05) is 16.8 Å². The van der Waals surface area contributed by atoms with E-state index in [1.165, 1.54) is 0 Å². The Labute approximate surface area is 194 Å². The molecule has 4 rings (SSSR count). The molecule has 1 heterocycles. The summed E-state index contributed by atoms with van der Waals surface area (Å²) in [4.78, 5) is 26.9. The third-order valence-electron chi connectivity index (χ3n) is 5.20. The number of nitrogens with one attached hydrogen (secondary N) is 1. The van der Waals surface area contributed by atoms with Gasteiger partial charge in [-0.1, -0.05) is 33.6 Å². The minimum atomic E-state index is -0.426. The molecule has 0 saturated carbocycles. The third-order valence-corrected chi connectivity index (χ3v) is 6.14. The van der Waals surface area contributed by atoms with E-state index in [2.05, 4.69) is 21.2 Å². The van der Waals surface area contributed by atoms with E-state index in [4.69, 9.17) is 16.3 Å². The highest BCUT2D eigenvalue weighted by Gasteiger charge is 2.35. The molecule has 1 atom stereocenters. The lowest BCUT2D eigenvalue weighted by atomic mass is 10.1. The Balaban J connectivity index is 1.38. The summed E-state index contributed by atoms with van der Waals surface area (Å²) in [7, 11) is 0. The van der Waals surface area contributed by atoms with Crippen molar-refractivity contribution in [1.82, 2.24) is 0 Å². The van der Waals surface area contributed by atoms with Gasteiger partial charge in [-0.25, -0.2) is 0 Å². The number of ether oxygens (including phenoxy) is 1. The molecule has 2 amide bonds. The van der Waals surface area contributed by atoms with Crippen molar-refractivity contribution in [3.8, 4) is 11.5 Å². The van der Waals surface area contributed by atoms with E-state index in [1.54, 1.807) is 35.2 Å². The molecular weight excluding hydrogens is 480 g/mol. The van der Waals surface area contributed by atoms with Crippen molar-refractivity contribution in [2.24, 2.45) is 5.92 Å². The molecule has 1 fully saturated rings. The summed E-state index contributed by atoms with van der Waals surface area (Å²) in [5.74, 6) is 0.699. The average Bonchev–Trinajstić information content (AvgIpc) is 3.15. The number of hydrogen-bond donors (Lipinski definition) is 1. The Morgan fingerprint density at radius 2 is 1.71 bits per heavy atom. The van der Waals surface area contributed by atoms with Crippen LogP contribution in [0.5, 0.6) is 11.5 Å². The maximum Gasteiger partial charge on any atom is 0.229 e. The molecule has 0 aromatic heterocycles. The predicted octanol–water partition coefficient (Wildman–Crippen LogP) is 6.19. The van der Waals surface area contributed by atoms with E-state index in [0.29, 0.717) is 23.0 Å². The van der Waals surface area contributed by atoms with Crippen LogP contribution in [0.15, 0.2) is 71.2 Å². The summed E-state index contributed by atoms with van der Waals surface area (Å²) in [6, 6.07) is 20.1. The van der Waals surface area contributed by atoms with Crippen LogP contribution in [-0.2, 0) is 9.59 Å². The van der Waals surface area contributed by atoms with E-state index in [9.17, 15) is 9.59 Å². The first-order valence-electron chi connectivity index (χ1n) is 9.80. The van der Waals surface area contributed by atoms with Crippen molar-refractivity contribution in [3.05, 3.63) is 81.8 Å². The van der Waals surface area contributed by atoms with E-state index >= 15 is 0 Å². The topological polar surface area (TPSA) is 58.6 Å². The van der Waals surface area contributed by atoms with Crippen LogP contribution in [0.25, 0.3) is 0 Å². The third kappa shape index (κ3) is 4.92. The number of halogens is 2. The summed E-state index contributed by atoms with van der Waals surface area (Å²) in [6.45, 7) is 2.20. The van der Waals surface area contributed by atoms with Gasteiger partial charge in [0.05, 0.1) is 5.92 Å². The van der Waals surface area contributed by atoms with E-state index in [1.807, 2.05) is 43.3 Å². The van der Waals surface area contributed by atoms with Crippen molar-refractivity contribution in [2.45, 2.75) is 13.3 Å². The summed E-state index contributed by atoms with van der Waals surface area (Å²) >= 11 is 9.58. The van der Waals surface area contributed by atoms with Crippen LogP contribution in [0.1, 0.15) is 12.0 Å². The molecule has 1 aliphatic heterocycles. The van der Waals surface area contributed by atoms with Gasteiger partial charge >= 0.3 is 0 Å². The van der Waals surface area contributed by atoms with Crippen LogP contribution in [0, 0.1) is 12.8 Å². The quantitative estimate of drug-likeness (QED) is 0.455. The smallest absolute Gasteiger partial charge is 0.229 e. The predicted molar refractivity (Wildman–Crippen MR) is 126 cm³/mol. The second-order valence-corrected chi connectivity index (χ2v) is 8.68. The largest absolute Gasteiger partial charge is 0.457 e. The van der Waals surface area contributed by atoms with E-state index in [0.717, 1.165) is 21.5 Å². The molecule has 0 aliphatic carbocycles. The molecule has 31 heavy (non-hydrogen) atoms. The van der Waals surface area contributed by atoms with Gasteiger partial charge in [0.2, 0.25) is 11.8 Å². The minimum absolute atomic E-state index is 0.0798. The maximum absolute atomic E-state index is 12.7. The molecule has 3 aromatic rings. The molecule has 5 nitrogen and oxygen atoms in total. The lowest BCUT2D eigenvalue weighted by molar-refractivity contribution is -0.122. The van der Waals surface area contributed by atoms with Gasteiger partial charge in [0, 0.05) is 33.8 Å². The zero-order chi connectivity index (χ0) is 22.0. The van der Waals surface area contributed by atoms with Crippen LogP contribution >= 0.6 is 27.5 Å². The van der Waals surface area contributed by atoms with Gasteiger partial charge in [-0.15, -0.1) is 0 Å². The number of anilines is 2. The highest BCUT2D eigenvalue weighted by atomic mass is 79.9. The van der Waals surface area contributed by atoms with Gasteiger partial charge in [0.15, 0.2) is 0 Å². The second-order valence-electron chi connectivity index (χ2n) is 7.36. The van der Waals surface area contributed by atoms with Gasteiger partial charge in [-0.2, -0.15) is 0 Å². The molecule has 1 saturated heterocycles. The normalized spacial score (nSPS) is 15.8. The summed E-state index contributed by atoms with van der Waals surface area (Å²) in [5.41, 5.74) is 2.24. The highest BCUT2D eigenvalue weighted by molar-refractivity contribution is 9.10. The fraction of sp³-hybridized carbons (Fsp3) is 0.167. The van der Waals surface area contributed by atoms with Crippen molar-refractivity contribution >= 4 is 50.7 Å². The lowest BCUT2D eigenvalue weighted by Gasteiger charge is -2.19. The molecule has 7 heteroatoms. The van der Waals surface area contributed by atoms with Crippen molar-refractivity contribution in [3.63, 3.8) is 0 Å². The number of hydrogen-bond acceptors (Lipinski definition) is 3. The SMILES string of the molecule is Cc1c(Cl)cccc1N1C[C@@H](C(=O)Nc2ccc(Oc3ccc(Br)cc3)cc2)CC1=O. The molecular formula is C24H20BrClN2O3. The van der Waals surface area contributed by atoms with Crippen LogP contribution < -0.4 is 15.0 Å². The monoisotopic (exact) mass is 498 g/mol. The van der Waals surface area contributed by atoms with Gasteiger partial charge in [0.25, 0.3) is 0 Å². The molecule has 3 aromatic carbocycles. The van der Waals surface area contributed by atoms with Gasteiger partial charge in [-0.05, 0) is 73.2 Å². The highest BCUT2D eigenvalue weighted by Crippen LogP contribution is 2.32. The number of benzene rings is 3. The number of nitrogens with zero attached hydrogens (tertiary/aromatic N) is 1. The lowest BCUT2D eigenvalue weighted by Crippen LogP contribution is -2.28. The molecule has 0 unspecified atom stereocenters. The Bertz CT molecular complexity index is 1120. The molecule has 158 valence electrons. The fourth-order valence-corrected chi connectivity index (χ4v) is 3.93. The summed E-state index contributed by atoms with van der Waals surface area (Å²) < 4.78 is 6.77. The molecule has 1 aliphatic rings. The summed E-state index contributed by atoms with van der Waals surface area (Å²) in [5, 5.41) is 3.50. The Morgan fingerprint density at radius 1 is 1.06 bits per heavy atom. The molecule has 0 radical (unpaired) electrons. The number of carbonyl (C=O) groups excluding carboxylic acids is 2. The maximum atomic E-state index is 12.7. The molecule has 1 N–H and O–H groups in total. The second kappa shape index (κ2) is 9.12. The van der Waals surface area contributed by atoms with Crippen molar-refractivity contribution in [1.29, 1.82) is 0 Å². The number of amides is 2. The van der Waals surface area contributed by atoms with Crippen molar-refractivity contribution < 1.29 is 14.3 Å². The van der Waals surface area contributed by atoms with Gasteiger partial charge in [-0.3, -0.25) is 9.59 Å². The van der Waals surface area contributed by atoms with E-state index < -0.39 is 5.92 Å². The van der Waals surface area contributed by atoms with E-state index in [-0.39, 0.29) is 18.2 Å². The van der Waals surface area contributed by atoms with Gasteiger partial charge in [0.1, 0.15) is 11.5 Å². The van der Waals surface area contributed by atoms with Crippen LogP contribution in [-0.4, -0.2) is 18.4 Å². The minimum Gasteiger partial charge on any atom is -0.457 e. The number of carbonyl (C=O) groups is 2. The first kappa shape index (κ1) is 21.4. The Hall–Kier alpha value is -2.83. The number of rotatable bonds is 5. The summed E-state index contributed by atoms with van der Waals surface area (Å²) in [6.07, 6.45) is 0.169. The Morgan fingerprint density at radius 3 is 2.39 bits per heavy atom. The average molecular weight is 500 g/mol. The molecule has 0 spiro atoms. The zero-order valence-corrected chi connectivity index (χ0v) is 19.1. The Kier molecular flexibility index (Phi) is 6.30. The van der Waals surface area contributed by atoms with Crippen LogP contribution in [0.4, 0.5) is 11.4 Å². The first-order chi connectivity index (χ1) is 14.9. The standard InChI is InChI=1S/C24H20BrClN2O3/c1-15-21(26)3-2-4-22(15)28-14-16(13-23(28)29)24(30)27-18-7-11-20(12-8-18)31-19-9-5-17(25)6-10-19/h2-12,16H,13-14H2,1H3,(H,27,30)/t16-/m0/s1. The first-order valence-corrected chi connectivity index (χ1v) is 11.0. The van der Waals surface area contributed by atoms with Crippen LogP contribution in [0.2, 0.25) is 5.02 Å². The van der Waals surface area contributed by atoms with Gasteiger partial charge < -0.3 is 15.0 Å². The molecule has 0 bridgehead atoms. The zero-order valence-electron chi connectivity index (χ0n) is 16.8. The fourth-order valence-electron chi connectivity index (χ4n) is 3.49. The van der Waals surface area contributed by atoms with Crippen LogP contribution in [0.3, 0.4) is 0 Å².